The number of fused-ring (bicyclic) bond motifs is 1. The van der Waals surface area contributed by atoms with E-state index in [4.69, 9.17) is 13.9 Å². The van der Waals surface area contributed by atoms with Gasteiger partial charge in [-0.15, -0.1) is 0 Å². The predicted molar refractivity (Wildman–Crippen MR) is 96.0 cm³/mol. The quantitative estimate of drug-likeness (QED) is 0.670. The molecular weight excluding hydrogens is 302 g/mol. The Labute approximate surface area is 142 Å². The minimum absolute atomic E-state index is 0.0711. The van der Waals surface area contributed by atoms with E-state index in [-0.39, 0.29) is 5.41 Å². The molecule has 0 aliphatic carbocycles. The first-order valence-electron chi connectivity index (χ1n) is 7.97. The van der Waals surface area contributed by atoms with Crippen LogP contribution in [0.3, 0.4) is 0 Å². The Morgan fingerprint density at radius 1 is 0.958 bits per heavy atom. The number of aryl methyl sites for hydroxylation is 1. The summed E-state index contributed by atoms with van der Waals surface area (Å²) in [7, 11) is 3.28. The molecule has 126 valence electrons. The molecule has 0 radical (unpaired) electrons. The maximum Gasteiger partial charge on any atom is 0.231 e. The van der Waals surface area contributed by atoms with Crippen molar-refractivity contribution in [2.75, 3.05) is 14.2 Å². The van der Waals surface area contributed by atoms with Crippen molar-refractivity contribution in [3.63, 3.8) is 0 Å². The van der Waals surface area contributed by atoms with Crippen LogP contribution >= 0.6 is 0 Å². The van der Waals surface area contributed by atoms with Gasteiger partial charge in [0.15, 0.2) is 5.58 Å². The van der Waals surface area contributed by atoms with Crippen LogP contribution in [0.1, 0.15) is 31.9 Å². The summed E-state index contributed by atoms with van der Waals surface area (Å²) < 4.78 is 16.8. The van der Waals surface area contributed by atoms with Crippen molar-refractivity contribution in [2.45, 2.75) is 33.1 Å². The second kappa shape index (κ2) is 5.86. The number of rotatable bonds is 3. The van der Waals surface area contributed by atoms with Crippen molar-refractivity contribution < 1.29 is 13.9 Å². The van der Waals surface area contributed by atoms with E-state index >= 15 is 0 Å². The summed E-state index contributed by atoms with van der Waals surface area (Å²) in [6.07, 6.45) is 0. The van der Waals surface area contributed by atoms with Crippen LogP contribution < -0.4 is 9.47 Å². The number of hydrogen-bond acceptors (Lipinski definition) is 4. The Bertz CT molecular complexity index is 888. The molecule has 1 aromatic heterocycles. The first-order valence-corrected chi connectivity index (χ1v) is 7.97. The molecule has 0 amide bonds. The summed E-state index contributed by atoms with van der Waals surface area (Å²) in [6.45, 7) is 8.54. The molecule has 24 heavy (non-hydrogen) atoms. The topological polar surface area (TPSA) is 44.5 Å². The number of nitrogens with zero attached hydrogens (tertiary/aromatic N) is 1. The highest BCUT2D eigenvalue weighted by molar-refractivity contribution is 5.79. The standard InChI is InChI=1S/C20H23NO3/c1-12-9-14(18(23-6)11-17(12)22-5)19-21-15-10-13(20(2,3)4)7-8-16(15)24-19/h7-11H,1-6H3. The third kappa shape index (κ3) is 2.84. The largest absolute Gasteiger partial charge is 0.496 e. The van der Waals surface area contributed by atoms with E-state index in [1.54, 1.807) is 14.2 Å². The highest BCUT2D eigenvalue weighted by Crippen LogP contribution is 2.37. The zero-order chi connectivity index (χ0) is 17.5. The summed E-state index contributed by atoms with van der Waals surface area (Å²) in [5.74, 6) is 2.01. The van der Waals surface area contributed by atoms with Crippen LogP contribution in [0.4, 0.5) is 0 Å². The molecule has 4 nitrogen and oxygen atoms in total. The zero-order valence-electron chi connectivity index (χ0n) is 15.1. The average molecular weight is 325 g/mol. The van der Waals surface area contributed by atoms with Gasteiger partial charge in [-0.25, -0.2) is 4.98 Å². The summed E-state index contributed by atoms with van der Waals surface area (Å²) >= 11 is 0. The second-order valence-corrected chi connectivity index (χ2v) is 6.97. The van der Waals surface area contributed by atoms with E-state index in [0.717, 1.165) is 28.0 Å². The molecule has 0 fully saturated rings. The Morgan fingerprint density at radius 2 is 1.67 bits per heavy atom. The Balaban J connectivity index is 2.15. The number of hydrogen-bond donors (Lipinski definition) is 0. The summed E-state index contributed by atoms with van der Waals surface area (Å²) in [6, 6.07) is 10.0. The molecular formula is C20H23NO3. The van der Waals surface area contributed by atoms with Crippen molar-refractivity contribution in [3.8, 4) is 23.0 Å². The van der Waals surface area contributed by atoms with Crippen LogP contribution in [0, 0.1) is 6.92 Å². The van der Waals surface area contributed by atoms with Gasteiger partial charge in [-0.1, -0.05) is 26.8 Å². The molecule has 4 heteroatoms. The number of oxazole rings is 1. The first-order chi connectivity index (χ1) is 11.3. The summed E-state index contributed by atoms with van der Waals surface area (Å²) in [5.41, 5.74) is 4.76. The van der Waals surface area contributed by atoms with E-state index in [1.807, 2.05) is 25.1 Å². The molecule has 3 rings (SSSR count). The zero-order valence-corrected chi connectivity index (χ0v) is 15.1. The fraction of sp³-hybridized carbons (Fsp3) is 0.350. The summed E-state index contributed by atoms with van der Waals surface area (Å²) in [5, 5.41) is 0. The second-order valence-electron chi connectivity index (χ2n) is 6.97. The lowest BCUT2D eigenvalue weighted by molar-refractivity contribution is 0.392. The van der Waals surface area contributed by atoms with Crippen molar-refractivity contribution in [1.82, 2.24) is 4.98 Å². The molecule has 0 aliphatic rings. The van der Waals surface area contributed by atoms with Crippen molar-refractivity contribution in [1.29, 1.82) is 0 Å². The number of ether oxygens (including phenoxy) is 2. The van der Waals surface area contributed by atoms with Crippen LogP contribution in [0.5, 0.6) is 11.5 Å². The van der Waals surface area contributed by atoms with Gasteiger partial charge in [-0.05, 0) is 41.7 Å². The number of methoxy groups -OCH3 is 2. The highest BCUT2D eigenvalue weighted by atomic mass is 16.5. The number of benzene rings is 2. The van der Waals surface area contributed by atoms with E-state index < -0.39 is 0 Å². The molecule has 0 atom stereocenters. The van der Waals surface area contributed by atoms with E-state index in [2.05, 4.69) is 37.9 Å². The fourth-order valence-electron chi connectivity index (χ4n) is 2.73. The average Bonchev–Trinajstić information content (AvgIpc) is 2.96. The number of aromatic nitrogens is 1. The molecule has 0 saturated heterocycles. The van der Waals surface area contributed by atoms with Gasteiger partial charge in [-0.3, -0.25) is 0 Å². The van der Waals surface area contributed by atoms with Crippen molar-refractivity contribution in [3.05, 3.63) is 41.5 Å². The van der Waals surface area contributed by atoms with Crippen LogP contribution in [0.2, 0.25) is 0 Å². The SMILES string of the molecule is COc1cc(OC)c(-c2nc3cc(C(C)(C)C)ccc3o2)cc1C. The molecule has 1 heterocycles. The maximum absolute atomic E-state index is 5.96. The third-order valence-electron chi connectivity index (χ3n) is 4.20. The van der Waals surface area contributed by atoms with Gasteiger partial charge in [-0.2, -0.15) is 0 Å². The maximum atomic E-state index is 5.96. The van der Waals surface area contributed by atoms with Crippen molar-refractivity contribution in [2.24, 2.45) is 0 Å². The van der Waals surface area contributed by atoms with Gasteiger partial charge in [0, 0.05) is 6.07 Å². The van der Waals surface area contributed by atoms with Gasteiger partial charge in [0.05, 0.1) is 19.8 Å². The van der Waals surface area contributed by atoms with Crippen molar-refractivity contribution >= 4 is 11.1 Å². The van der Waals surface area contributed by atoms with Gasteiger partial charge in [0.25, 0.3) is 0 Å². The lowest BCUT2D eigenvalue weighted by atomic mass is 9.87. The van der Waals surface area contributed by atoms with E-state index in [9.17, 15) is 0 Å². The van der Waals surface area contributed by atoms with Crippen LogP contribution in [-0.4, -0.2) is 19.2 Å². The van der Waals surface area contributed by atoms with Crippen LogP contribution in [-0.2, 0) is 5.41 Å². The van der Waals surface area contributed by atoms with Crippen LogP contribution in [0.25, 0.3) is 22.6 Å². The van der Waals surface area contributed by atoms with E-state index in [1.165, 1.54) is 5.56 Å². The lowest BCUT2D eigenvalue weighted by Crippen LogP contribution is -2.10. The predicted octanol–water partition coefficient (Wildman–Crippen LogP) is 5.12. The molecule has 0 aliphatic heterocycles. The summed E-state index contributed by atoms with van der Waals surface area (Å²) in [4.78, 5) is 4.67. The molecule has 0 N–H and O–H groups in total. The Kier molecular flexibility index (Phi) is 3.99. The van der Waals surface area contributed by atoms with Gasteiger partial charge in [0.2, 0.25) is 5.89 Å². The van der Waals surface area contributed by atoms with Gasteiger partial charge < -0.3 is 13.9 Å². The fourth-order valence-corrected chi connectivity index (χ4v) is 2.73. The van der Waals surface area contributed by atoms with Gasteiger partial charge in [0.1, 0.15) is 17.0 Å². The minimum Gasteiger partial charge on any atom is -0.496 e. The third-order valence-corrected chi connectivity index (χ3v) is 4.20. The van der Waals surface area contributed by atoms with Gasteiger partial charge >= 0.3 is 0 Å². The molecule has 0 saturated carbocycles. The normalized spacial score (nSPS) is 11.8. The van der Waals surface area contributed by atoms with E-state index in [0.29, 0.717) is 11.6 Å². The molecule has 0 bridgehead atoms. The molecule has 2 aromatic carbocycles. The first kappa shape index (κ1) is 16.4. The minimum atomic E-state index is 0.0711. The Hall–Kier alpha value is -2.49. The smallest absolute Gasteiger partial charge is 0.231 e. The molecule has 3 aromatic rings. The van der Waals surface area contributed by atoms with Crippen LogP contribution in [0.15, 0.2) is 34.7 Å². The monoisotopic (exact) mass is 325 g/mol. The highest BCUT2D eigenvalue weighted by Gasteiger charge is 2.18. The molecule has 0 spiro atoms. The lowest BCUT2D eigenvalue weighted by Gasteiger charge is -2.18. The Morgan fingerprint density at radius 3 is 2.29 bits per heavy atom. The molecule has 0 unspecified atom stereocenters.